The Hall–Kier alpha value is -2.81. The molecule has 1 unspecified atom stereocenters. The van der Waals surface area contributed by atoms with Crippen molar-refractivity contribution < 1.29 is 26.7 Å². The minimum atomic E-state index is -3.35. The van der Waals surface area contributed by atoms with Crippen molar-refractivity contribution >= 4 is 15.7 Å². The summed E-state index contributed by atoms with van der Waals surface area (Å²) in [5.74, 6) is -3.33. The zero-order chi connectivity index (χ0) is 22.2. The molecule has 9 heteroatoms. The smallest absolute Gasteiger partial charge is 0.290 e. The Kier molecular flexibility index (Phi) is 5.55. The Morgan fingerprint density at radius 3 is 2.65 bits per heavy atom. The standard InChI is InChI=1S/C22H22F2N2O4S/c1-31(28,29)12-10-18(14-7-8-14)25-20(27)17-13-15-9-11-22(23,24)19(15)26-21(17)30-16-5-3-2-4-6-16/h2-6,10,12-14,18H,7-9,11H2,1H3,(H,25,27). The molecule has 0 saturated heterocycles. The molecule has 1 aromatic carbocycles. The van der Waals surface area contributed by atoms with E-state index in [9.17, 15) is 22.0 Å². The van der Waals surface area contributed by atoms with E-state index < -0.39 is 27.7 Å². The van der Waals surface area contributed by atoms with Gasteiger partial charge >= 0.3 is 0 Å². The lowest BCUT2D eigenvalue weighted by Crippen LogP contribution is -2.35. The SMILES string of the molecule is CS(=O)(=O)C=CC(NC(=O)c1cc2c(nc1Oc1ccccc1)C(F)(F)CC2)C1CC1. The molecule has 1 aromatic heterocycles. The number of alkyl halides is 2. The molecule has 2 aliphatic carbocycles. The first-order valence-corrected chi connectivity index (χ1v) is 11.9. The van der Waals surface area contributed by atoms with Gasteiger partial charge < -0.3 is 10.1 Å². The molecule has 1 heterocycles. The van der Waals surface area contributed by atoms with E-state index in [-0.39, 0.29) is 35.9 Å². The fourth-order valence-electron chi connectivity index (χ4n) is 3.53. The molecule has 0 aliphatic heterocycles. The van der Waals surface area contributed by atoms with E-state index in [0.717, 1.165) is 24.5 Å². The third kappa shape index (κ3) is 5.10. The number of fused-ring (bicyclic) bond motifs is 1. The van der Waals surface area contributed by atoms with Crippen molar-refractivity contribution in [3.8, 4) is 11.6 Å². The lowest BCUT2D eigenvalue weighted by Gasteiger charge is -2.18. The number of amides is 1. The molecule has 1 saturated carbocycles. The number of carbonyl (C=O) groups is 1. The summed E-state index contributed by atoms with van der Waals surface area (Å²) >= 11 is 0. The number of sulfone groups is 1. The number of benzene rings is 1. The maximum Gasteiger partial charge on any atom is 0.290 e. The highest BCUT2D eigenvalue weighted by molar-refractivity contribution is 7.93. The van der Waals surface area contributed by atoms with E-state index in [2.05, 4.69) is 10.3 Å². The van der Waals surface area contributed by atoms with Crippen LogP contribution in [0.15, 0.2) is 47.9 Å². The quantitative estimate of drug-likeness (QED) is 0.693. The maximum absolute atomic E-state index is 14.2. The number of nitrogens with zero attached hydrogens (tertiary/aromatic N) is 1. The molecule has 6 nitrogen and oxygen atoms in total. The van der Waals surface area contributed by atoms with Crippen LogP contribution in [-0.2, 0) is 22.2 Å². The van der Waals surface area contributed by atoms with E-state index in [1.807, 2.05) is 0 Å². The van der Waals surface area contributed by atoms with Gasteiger partial charge in [0.15, 0.2) is 9.84 Å². The summed E-state index contributed by atoms with van der Waals surface area (Å²) in [5.41, 5.74) is -0.0189. The van der Waals surface area contributed by atoms with Crippen LogP contribution in [0.25, 0.3) is 0 Å². The van der Waals surface area contributed by atoms with Crippen LogP contribution in [-0.4, -0.2) is 31.6 Å². The second kappa shape index (κ2) is 8.03. The van der Waals surface area contributed by atoms with Gasteiger partial charge in [-0.05, 0) is 48.9 Å². The first-order valence-electron chi connectivity index (χ1n) is 9.97. The normalized spacial score (nSPS) is 18.5. The molecule has 2 aliphatic rings. The molecule has 0 spiro atoms. The molecule has 2 aromatic rings. The summed E-state index contributed by atoms with van der Waals surface area (Å²) in [4.78, 5) is 17.1. The third-order valence-corrected chi connectivity index (χ3v) is 5.94. The monoisotopic (exact) mass is 448 g/mol. The van der Waals surface area contributed by atoms with E-state index in [4.69, 9.17) is 4.74 Å². The zero-order valence-electron chi connectivity index (χ0n) is 16.8. The van der Waals surface area contributed by atoms with Gasteiger partial charge in [-0.2, -0.15) is 8.78 Å². The van der Waals surface area contributed by atoms with Crippen LogP contribution in [0.3, 0.4) is 0 Å². The summed E-state index contributed by atoms with van der Waals surface area (Å²) in [6.07, 6.45) is 4.00. The molecular formula is C22H22F2N2O4S. The summed E-state index contributed by atoms with van der Waals surface area (Å²) in [7, 11) is -3.35. The Morgan fingerprint density at radius 1 is 1.29 bits per heavy atom. The number of carbonyl (C=O) groups excluding carboxylic acids is 1. The molecule has 1 atom stereocenters. The van der Waals surface area contributed by atoms with E-state index in [0.29, 0.717) is 11.3 Å². The van der Waals surface area contributed by atoms with Crippen molar-refractivity contribution in [1.82, 2.24) is 10.3 Å². The predicted molar refractivity (Wildman–Crippen MR) is 111 cm³/mol. The van der Waals surface area contributed by atoms with Crippen molar-refractivity contribution in [3.05, 3.63) is 64.7 Å². The van der Waals surface area contributed by atoms with E-state index in [1.54, 1.807) is 30.3 Å². The second-order valence-electron chi connectivity index (χ2n) is 7.96. The Bertz CT molecular complexity index is 1130. The van der Waals surface area contributed by atoms with E-state index >= 15 is 0 Å². The van der Waals surface area contributed by atoms with Crippen LogP contribution in [0.2, 0.25) is 0 Å². The molecule has 0 radical (unpaired) electrons. The van der Waals surface area contributed by atoms with Gasteiger partial charge in [0.1, 0.15) is 17.0 Å². The predicted octanol–water partition coefficient (Wildman–Crippen LogP) is 3.98. The summed E-state index contributed by atoms with van der Waals surface area (Å²) in [6, 6.07) is 9.40. The lowest BCUT2D eigenvalue weighted by molar-refractivity contribution is -0.00630. The largest absolute Gasteiger partial charge is 0.438 e. The second-order valence-corrected chi connectivity index (χ2v) is 9.89. The van der Waals surface area contributed by atoms with Crippen LogP contribution in [0.4, 0.5) is 8.78 Å². The molecule has 1 fully saturated rings. The van der Waals surface area contributed by atoms with Crippen molar-refractivity contribution in [3.63, 3.8) is 0 Å². The topological polar surface area (TPSA) is 85.4 Å². The summed E-state index contributed by atoms with van der Waals surface area (Å²) in [5, 5.41) is 3.88. The van der Waals surface area contributed by atoms with Gasteiger partial charge in [-0.25, -0.2) is 13.4 Å². The van der Waals surface area contributed by atoms with Gasteiger partial charge in [0, 0.05) is 18.1 Å². The van der Waals surface area contributed by atoms with Gasteiger partial charge in [-0.15, -0.1) is 0 Å². The number of ether oxygens (including phenoxy) is 1. The molecule has 1 N–H and O–H groups in total. The summed E-state index contributed by atoms with van der Waals surface area (Å²) in [6.45, 7) is 0. The fourth-order valence-corrected chi connectivity index (χ4v) is 3.99. The average molecular weight is 448 g/mol. The average Bonchev–Trinajstić information content (AvgIpc) is 3.50. The Labute approximate surface area is 179 Å². The van der Waals surface area contributed by atoms with E-state index in [1.165, 1.54) is 12.1 Å². The van der Waals surface area contributed by atoms with Gasteiger partial charge in [-0.3, -0.25) is 4.79 Å². The van der Waals surface area contributed by atoms with Gasteiger partial charge in [0.2, 0.25) is 5.88 Å². The van der Waals surface area contributed by atoms with Crippen molar-refractivity contribution in [1.29, 1.82) is 0 Å². The van der Waals surface area contributed by atoms with Gasteiger partial charge in [0.25, 0.3) is 11.8 Å². The molecule has 1 amide bonds. The molecule has 31 heavy (non-hydrogen) atoms. The van der Waals surface area contributed by atoms with Crippen LogP contribution in [0, 0.1) is 5.92 Å². The number of halogens is 2. The maximum atomic E-state index is 14.2. The molecule has 4 rings (SSSR count). The molecular weight excluding hydrogens is 426 g/mol. The first-order chi connectivity index (χ1) is 14.6. The highest BCUT2D eigenvalue weighted by Crippen LogP contribution is 2.42. The molecule has 164 valence electrons. The number of aryl methyl sites for hydroxylation is 1. The fraction of sp³-hybridized carbons (Fsp3) is 0.364. The van der Waals surface area contributed by atoms with Crippen LogP contribution < -0.4 is 10.1 Å². The Balaban J connectivity index is 1.67. The number of pyridine rings is 1. The van der Waals surface area contributed by atoms with Crippen LogP contribution >= 0.6 is 0 Å². The zero-order valence-corrected chi connectivity index (χ0v) is 17.7. The number of rotatable bonds is 7. The number of hydrogen-bond donors (Lipinski definition) is 1. The van der Waals surface area contributed by atoms with Gasteiger partial charge in [0.05, 0.1) is 6.04 Å². The third-order valence-electron chi connectivity index (χ3n) is 5.28. The first kappa shape index (κ1) is 21.4. The summed E-state index contributed by atoms with van der Waals surface area (Å²) < 4.78 is 57.1. The lowest BCUT2D eigenvalue weighted by atomic mass is 10.1. The number of nitrogens with one attached hydrogen (secondary N) is 1. The highest BCUT2D eigenvalue weighted by Gasteiger charge is 2.42. The minimum Gasteiger partial charge on any atom is -0.438 e. The Morgan fingerprint density at radius 2 is 2.00 bits per heavy atom. The highest BCUT2D eigenvalue weighted by atomic mass is 32.2. The van der Waals surface area contributed by atoms with Gasteiger partial charge in [-0.1, -0.05) is 24.3 Å². The number of hydrogen-bond acceptors (Lipinski definition) is 5. The molecule has 0 bridgehead atoms. The number of para-hydroxylation sites is 1. The van der Waals surface area contributed by atoms with Crippen molar-refractivity contribution in [2.24, 2.45) is 5.92 Å². The van der Waals surface area contributed by atoms with Crippen molar-refractivity contribution in [2.45, 2.75) is 37.6 Å². The minimum absolute atomic E-state index is 0.0405. The van der Waals surface area contributed by atoms with Crippen LogP contribution in [0.1, 0.15) is 40.9 Å². The van der Waals surface area contributed by atoms with Crippen molar-refractivity contribution in [2.75, 3.05) is 6.26 Å². The van der Waals surface area contributed by atoms with Crippen LogP contribution in [0.5, 0.6) is 11.6 Å². The number of aromatic nitrogens is 1.